The van der Waals surface area contributed by atoms with E-state index in [9.17, 15) is 53.3 Å². The van der Waals surface area contributed by atoms with Crippen molar-refractivity contribution >= 4 is 64.2 Å². The number of ketones is 2. The number of nitrogens with one attached hydrogen (secondary N) is 2. The molecule has 1 aliphatic carbocycles. The van der Waals surface area contributed by atoms with Gasteiger partial charge in [0, 0.05) is 33.8 Å². The van der Waals surface area contributed by atoms with Crippen LogP contribution in [0.25, 0.3) is 22.0 Å². The number of carbonyl (C=O) groups is 2. The molecule has 53 heavy (non-hydrogen) atoms. The maximum absolute atomic E-state index is 14.4. The summed E-state index contributed by atoms with van der Waals surface area (Å²) < 4.78 is 107. The molecule has 0 amide bonds. The number of anilines is 2. The molecule has 1 heterocycles. The molecule has 18 heteroatoms. The monoisotopic (exact) mass is 774 g/mol. The lowest BCUT2D eigenvalue weighted by atomic mass is 9.80. The summed E-state index contributed by atoms with van der Waals surface area (Å²) in [4.78, 5) is 42.6. The Morgan fingerprint density at radius 2 is 1.25 bits per heavy atom. The standard InChI is InChI=1S/C35H22N2O13S3/c38-33(18-6-2-1-3-7-18)31-28-22-8-4-5-9-23(22)34(39)29-24(36-19-10-12-20(13-11-19)51(41,42)43)17-26(32(30(28)29)37-35(31)40)50-25-15-14-21(52(44,45)46)16-27(25)53(47,48)49/h1-17,36H,(H,37,40)(H,41,42,43)(H,44,45,46)(H,47,48,49). The molecule has 0 bridgehead atoms. The molecule has 7 rings (SSSR count). The second kappa shape index (κ2) is 12.6. The van der Waals surface area contributed by atoms with E-state index in [0.29, 0.717) is 6.07 Å². The fourth-order valence-corrected chi connectivity index (χ4v) is 7.74. The van der Waals surface area contributed by atoms with Crippen LogP contribution in [0.3, 0.4) is 0 Å². The minimum Gasteiger partial charge on any atom is -0.454 e. The summed E-state index contributed by atoms with van der Waals surface area (Å²) in [5.74, 6) is -2.32. The van der Waals surface area contributed by atoms with Gasteiger partial charge in [-0.25, -0.2) is 0 Å². The first-order valence-corrected chi connectivity index (χ1v) is 19.4. The van der Waals surface area contributed by atoms with Crippen molar-refractivity contribution in [1.82, 2.24) is 4.98 Å². The van der Waals surface area contributed by atoms with E-state index in [1.54, 1.807) is 30.3 Å². The Bertz CT molecular complexity index is 2960. The number of aromatic nitrogens is 1. The van der Waals surface area contributed by atoms with Gasteiger partial charge < -0.3 is 15.0 Å². The summed E-state index contributed by atoms with van der Waals surface area (Å²) >= 11 is 0. The molecule has 5 aromatic carbocycles. The molecule has 0 spiro atoms. The topological polar surface area (TPSA) is 251 Å². The number of fused-ring (bicyclic) bond motifs is 2. The van der Waals surface area contributed by atoms with Gasteiger partial charge in [-0.1, -0.05) is 54.6 Å². The molecule has 0 saturated carbocycles. The number of aromatic amines is 1. The Morgan fingerprint density at radius 1 is 0.642 bits per heavy atom. The van der Waals surface area contributed by atoms with E-state index in [1.165, 1.54) is 42.5 Å². The lowest BCUT2D eigenvalue weighted by molar-refractivity contribution is 0.102. The predicted octanol–water partition coefficient (Wildman–Crippen LogP) is 5.25. The van der Waals surface area contributed by atoms with Gasteiger partial charge in [0.2, 0.25) is 0 Å². The molecule has 0 atom stereocenters. The van der Waals surface area contributed by atoms with Gasteiger partial charge in [-0.2, -0.15) is 25.3 Å². The van der Waals surface area contributed by atoms with Crippen molar-refractivity contribution in [2.24, 2.45) is 0 Å². The molecule has 5 N–H and O–H groups in total. The third-order valence-electron chi connectivity index (χ3n) is 8.33. The number of ether oxygens (including phenoxy) is 1. The van der Waals surface area contributed by atoms with Crippen LogP contribution in [0.15, 0.2) is 123 Å². The number of carbonyl (C=O) groups excluding carboxylic acids is 2. The molecule has 6 aromatic rings. The molecular weight excluding hydrogens is 753 g/mol. The van der Waals surface area contributed by atoms with Gasteiger partial charge >= 0.3 is 0 Å². The van der Waals surface area contributed by atoms with Crippen LogP contribution in [-0.4, -0.2) is 55.5 Å². The van der Waals surface area contributed by atoms with E-state index >= 15 is 0 Å². The smallest absolute Gasteiger partial charge is 0.298 e. The van der Waals surface area contributed by atoms with Crippen LogP contribution in [0.1, 0.15) is 31.8 Å². The van der Waals surface area contributed by atoms with E-state index in [4.69, 9.17) is 4.74 Å². The van der Waals surface area contributed by atoms with E-state index in [1.807, 2.05) is 0 Å². The highest BCUT2D eigenvalue weighted by molar-refractivity contribution is 7.86. The SMILES string of the molecule is O=C(c1ccccc1)c1c2c3c(c(Nc4ccc(S(=O)(=O)O)cc4)cc(Oc4ccc(S(=O)(=O)O)cc4S(=O)(=O)O)c3[nH]c1=O)C(=O)c1ccccc1-2. The van der Waals surface area contributed by atoms with Gasteiger partial charge in [-0.3, -0.25) is 28.0 Å². The van der Waals surface area contributed by atoms with Crippen molar-refractivity contribution in [3.8, 4) is 22.6 Å². The summed E-state index contributed by atoms with van der Waals surface area (Å²) in [6.07, 6.45) is 0. The molecule has 0 fully saturated rings. The molecule has 0 aliphatic heterocycles. The number of H-pyrrole nitrogens is 1. The minimum atomic E-state index is -5.24. The number of benzene rings is 5. The molecule has 268 valence electrons. The molecule has 1 aliphatic rings. The zero-order valence-electron chi connectivity index (χ0n) is 26.5. The number of rotatable bonds is 9. The molecule has 15 nitrogen and oxygen atoms in total. The van der Waals surface area contributed by atoms with Crippen LogP contribution < -0.4 is 15.6 Å². The zero-order valence-corrected chi connectivity index (χ0v) is 28.9. The minimum absolute atomic E-state index is 0.0229. The van der Waals surface area contributed by atoms with Gasteiger partial charge in [-0.05, 0) is 48.0 Å². The van der Waals surface area contributed by atoms with E-state index in [2.05, 4.69) is 10.3 Å². The Balaban J connectivity index is 1.57. The van der Waals surface area contributed by atoms with Gasteiger partial charge in [0.1, 0.15) is 10.6 Å². The summed E-state index contributed by atoms with van der Waals surface area (Å²) in [6.45, 7) is 0. The summed E-state index contributed by atoms with van der Waals surface area (Å²) in [7, 11) is -14.8. The summed E-state index contributed by atoms with van der Waals surface area (Å²) in [5.41, 5.74) is -0.954. The molecule has 1 aromatic heterocycles. The van der Waals surface area contributed by atoms with Gasteiger partial charge in [0.05, 0.1) is 32.1 Å². The lowest BCUT2D eigenvalue weighted by Crippen LogP contribution is -2.24. The van der Waals surface area contributed by atoms with Gasteiger partial charge in [-0.15, -0.1) is 0 Å². The highest BCUT2D eigenvalue weighted by Gasteiger charge is 2.35. The second-order valence-electron chi connectivity index (χ2n) is 11.6. The molecule has 0 unspecified atom stereocenters. The lowest BCUT2D eigenvalue weighted by Gasteiger charge is -2.26. The molecular formula is C35H22N2O13S3. The highest BCUT2D eigenvalue weighted by atomic mass is 32.2. The maximum Gasteiger partial charge on any atom is 0.298 e. The Hall–Kier alpha value is -6.02. The number of hydrogen-bond donors (Lipinski definition) is 5. The van der Waals surface area contributed by atoms with Crippen LogP contribution in [-0.2, 0) is 30.4 Å². The Labute approximate surface area is 299 Å². The van der Waals surface area contributed by atoms with Crippen LogP contribution in [0.5, 0.6) is 11.5 Å². The quantitative estimate of drug-likeness (QED) is 0.0929. The first kappa shape index (κ1) is 35.4. The van der Waals surface area contributed by atoms with Crippen LogP contribution in [0.2, 0.25) is 0 Å². The van der Waals surface area contributed by atoms with Crippen molar-refractivity contribution in [2.75, 3.05) is 5.32 Å². The Kier molecular flexibility index (Phi) is 8.40. The van der Waals surface area contributed by atoms with Crippen molar-refractivity contribution in [3.63, 3.8) is 0 Å². The van der Waals surface area contributed by atoms with E-state index < -0.39 is 67.9 Å². The zero-order chi connectivity index (χ0) is 38.0. The summed E-state index contributed by atoms with van der Waals surface area (Å²) in [5, 5.41) is 2.95. The first-order valence-electron chi connectivity index (χ1n) is 15.1. The Morgan fingerprint density at radius 3 is 1.87 bits per heavy atom. The van der Waals surface area contributed by atoms with Gasteiger partial charge in [0.25, 0.3) is 35.9 Å². The average Bonchev–Trinajstić information content (AvgIpc) is 3.10. The largest absolute Gasteiger partial charge is 0.454 e. The normalized spacial score (nSPS) is 12.7. The van der Waals surface area contributed by atoms with Crippen LogP contribution >= 0.6 is 0 Å². The van der Waals surface area contributed by atoms with Crippen molar-refractivity contribution < 1.29 is 53.2 Å². The molecule has 0 saturated heterocycles. The maximum atomic E-state index is 14.4. The third kappa shape index (κ3) is 6.39. The van der Waals surface area contributed by atoms with Crippen molar-refractivity contribution in [1.29, 1.82) is 0 Å². The van der Waals surface area contributed by atoms with Crippen molar-refractivity contribution in [3.05, 3.63) is 136 Å². The second-order valence-corrected chi connectivity index (χ2v) is 15.8. The highest BCUT2D eigenvalue weighted by Crippen LogP contribution is 2.47. The fourth-order valence-electron chi connectivity index (χ4n) is 6.03. The van der Waals surface area contributed by atoms with Crippen molar-refractivity contribution in [2.45, 2.75) is 14.7 Å². The molecule has 0 radical (unpaired) electrons. The van der Waals surface area contributed by atoms with E-state index in [0.717, 1.165) is 24.3 Å². The van der Waals surface area contributed by atoms with Gasteiger partial charge in [0.15, 0.2) is 17.3 Å². The number of hydrogen-bond acceptors (Lipinski definition) is 11. The number of pyridine rings is 1. The van der Waals surface area contributed by atoms with Crippen LogP contribution in [0, 0.1) is 0 Å². The van der Waals surface area contributed by atoms with Crippen LogP contribution in [0.4, 0.5) is 11.4 Å². The average molecular weight is 775 g/mol. The summed E-state index contributed by atoms with van der Waals surface area (Å²) in [6, 6.07) is 22.0. The van der Waals surface area contributed by atoms with E-state index in [-0.39, 0.29) is 61.4 Å². The third-order valence-corrected chi connectivity index (χ3v) is 10.9. The predicted molar refractivity (Wildman–Crippen MR) is 189 cm³/mol. The fraction of sp³-hybridized carbons (Fsp3) is 0. The first-order chi connectivity index (χ1) is 24.9.